The van der Waals surface area contributed by atoms with Crippen molar-refractivity contribution in [2.24, 2.45) is 0 Å². The second-order valence-corrected chi connectivity index (χ2v) is 5.55. The van der Waals surface area contributed by atoms with Crippen molar-refractivity contribution in [2.75, 3.05) is 23.8 Å². The SMILES string of the molecule is CCN(c1ccccc1)c1cc(NC)nc(C)[n+]1-c1ccccc1. The number of aromatic nitrogens is 2. The van der Waals surface area contributed by atoms with Crippen molar-refractivity contribution < 1.29 is 4.57 Å². The summed E-state index contributed by atoms with van der Waals surface area (Å²) < 4.78 is 2.19. The van der Waals surface area contributed by atoms with Crippen LogP contribution < -0.4 is 14.8 Å². The first-order valence-corrected chi connectivity index (χ1v) is 8.24. The van der Waals surface area contributed by atoms with Crippen LogP contribution in [0.1, 0.15) is 12.7 Å². The van der Waals surface area contributed by atoms with Gasteiger partial charge in [0, 0.05) is 14.0 Å². The molecule has 0 aliphatic heterocycles. The van der Waals surface area contributed by atoms with Gasteiger partial charge in [0.2, 0.25) is 17.5 Å². The molecule has 24 heavy (non-hydrogen) atoms. The molecule has 0 saturated carbocycles. The lowest BCUT2D eigenvalue weighted by Crippen LogP contribution is -2.42. The fourth-order valence-electron chi connectivity index (χ4n) is 2.92. The highest BCUT2D eigenvalue weighted by Crippen LogP contribution is 2.25. The number of rotatable bonds is 5. The molecular weight excluding hydrogens is 296 g/mol. The van der Waals surface area contributed by atoms with E-state index in [0.29, 0.717) is 0 Å². The molecule has 0 unspecified atom stereocenters. The molecular formula is C20H23N4+. The molecule has 3 rings (SSSR count). The van der Waals surface area contributed by atoms with Gasteiger partial charge in [-0.2, -0.15) is 4.57 Å². The maximum absolute atomic E-state index is 4.66. The summed E-state index contributed by atoms with van der Waals surface area (Å²) in [5.74, 6) is 2.90. The Hall–Kier alpha value is -2.88. The minimum atomic E-state index is 0.865. The summed E-state index contributed by atoms with van der Waals surface area (Å²) in [7, 11) is 1.90. The topological polar surface area (TPSA) is 32.0 Å². The van der Waals surface area contributed by atoms with Gasteiger partial charge in [-0.05, 0) is 31.2 Å². The molecule has 0 atom stereocenters. The van der Waals surface area contributed by atoms with E-state index < -0.39 is 0 Å². The predicted molar refractivity (Wildman–Crippen MR) is 99.2 cm³/mol. The maximum atomic E-state index is 4.66. The molecule has 122 valence electrons. The first kappa shape index (κ1) is 16.0. The molecule has 3 aromatic rings. The van der Waals surface area contributed by atoms with Crippen LogP contribution in [0.3, 0.4) is 0 Å². The molecule has 0 spiro atoms. The van der Waals surface area contributed by atoms with Crippen LogP contribution in [0.25, 0.3) is 5.69 Å². The first-order chi connectivity index (χ1) is 11.7. The number of anilines is 3. The van der Waals surface area contributed by atoms with Crippen molar-refractivity contribution in [2.45, 2.75) is 13.8 Å². The number of aryl methyl sites for hydroxylation is 1. The van der Waals surface area contributed by atoms with Crippen LogP contribution in [-0.4, -0.2) is 18.6 Å². The van der Waals surface area contributed by atoms with Crippen molar-refractivity contribution in [3.05, 3.63) is 72.6 Å². The normalized spacial score (nSPS) is 10.5. The Morgan fingerprint density at radius 3 is 2.21 bits per heavy atom. The summed E-state index contributed by atoms with van der Waals surface area (Å²) in [6, 6.07) is 22.9. The van der Waals surface area contributed by atoms with E-state index in [9.17, 15) is 0 Å². The van der Waals surface area contributed by atoms with Crippen molar-refractivity contribution in [1.29, 1.82) is 0 Å². The van der Waals surface area contributed by atoms with Crippen molar-refractivity contribution in [3.8, 4) is 5.69 Å². The van der Waals surface area contributed by atoms with Gasteiger partial charge in [-0.3, -0.25) is 4.90 Å². The molecule has 0 amide bonds. The zero-order chi connectivity index (χ0) is 16.9. The number of nitrogens with one attached hydrogen (secondary N) is 1. The summed E-state index contributed by atoms with van der Waals surface area (Å²) in [5.41, 5.74) is 2.27. The highest BCUT2D eigenvalue weighted by Gasteiger charge is 2.23. The summed E-state index contributed by atoms with van der Waals surface area (Å²) in [6.07, 6.45) is 0. The molecule has 0 radical (unpaired) electrons. The summed E-state index contributed by atoms with van der Waals surface area (Å²) in [4.78, 5) is 6.96. The largest absolute Gasteiger partial charge is 0.359 e. The van der Waals surface area contributed by atoms with Gasteiger partial charge in [0.25, 0.3) is 0 Å². The van der Waals surface area contributed by atoms with Crippen molar-refractivity contribution in [3.63, 3.8) is 0 Å². The summed E-state index contributed by atoms with van der Waals surface area (Å²) in [6.45, 7) is 5.07. The van der Waals surface area contributed by atoms with Crippen LogP contribution in [0.2, 0.25) is 0 Å². The molecule has 0 aliphatic rings. The average Bonchev–Trinajstić information content (AvgIpc) is 2.63. The van der Waals surface area contributed by atoms with Gasteiger partial charge in [0.05, 0.1) is 18.3 Å². The van der Waals surface area contributed by atoms with Crippen molar-refractivity contribution in [1.82, 2.24) is 4.98 Å². The Kier molecular flexibility index (Phi) is 4.75. The highest BCUT2D eigenvalue weighted by molar-refractivity contribution is 5.60. The van der Waals surface area contributed by atoms with Gasteiger partial charge >= 0.3 is 0 Å². The van der Waals surface area contributed by atoms with Gasteiger partial charge in [-0.25, -0.2) is 0 Å². The van der Waals surface area contributed by atoms with E-state index in [2.05, 4.69) is 81.3 Å². The van der Waals surface area contributed by atoms with Gasteiger partial charge < -0.3 is 5.32 Å². The Labute approximate surface area is 143 Å². The fraction of sp³-hybridized carbons (Fsp3) is 0.200. The van der Waals surface area contributed by atoms with Gasteiger partial charge in [-0.1, -0.05) is 41.4 Å². The molecule has 4 heteroatoms. The Bertz CT molecular complexity index is 801. The van der Waals surface area contributed by atoms with E-state index in [0.717, 1.165) is 35.4 Å². The van der Waals surface area contributed by atoms with Crippen molar-refractivity contribution >= 4 is 17.3 Å². The molecule has 1 aromatic heterocycles. The molecule has 1 heterocycles. The molecule has 0 aliphatic carbocycles. The van der Waals surface area contributed by atoms with Crippen LogP contribution in [0, 0.1) is 6.92 Å². The van der Waals surface area contributed by atoms with Gasteiger partial charge in [0.15, 0.2) is 0 Å². The Balaban J connectivity index is 2.23. The molecule has 2 aromatic carbocycles. The van der Waals surface area contributed by atoms with Crippen LogP contribution in [0.4, 0.5) is 17.3 Å². The van der Waals surface area contributed by atoms with E-state index in [4.69, 9.17) is 0 Å². The monoisotopic (exact) mass is 319 g/mol. The second kappa shape index (κ2) is 7.13. The lowest BCUT2D eigenvalue weighted by molar-refractivity contribution is -0.592. The van der Waals surface area contributed by atoms with Crippen LogP contribution >= 0.6 is 0 Å². The molecule has 1 N–H and O–H groups in total. The average molecular weight is 319 g/mol. The minimum Gasteiger partial charge on any atom is -0.359 e. The smallest absolute Gasteiger partial charge is 0.242 e. The third-order valence-electron chi connectivity index (χ3n) is 4.03. The van der Waals surface area contributed by atoms with E-state index in [1.54, 1.807) is 0 Å². The number of nitrogens with zero attached hydrogens (tertiary/aromatic N) is 3. The highest BCUT2D eigenvalue weighted by atomic mass is 15.3. The lowest BCUT2D eigenvalue weighted by Gasteiger charge is -2.21. The Morgan fingerprint density at radius 1 is 1.00 bits per heavy atom. The van der Waals surface area contributed by atoms with E-state index in [1.807, 2.05) is 26.1 Å². The van der Waals surface area contributed by atoms with Crippen LogP contribution in [-0.2, 0) is 0 Å². The Morgan fingerprint density at radius 2 is 1.62 bits per heavy atom. The lowest BCUT2D eigenvalue weighted by atomic mass is 10.2. The minimum absolute atomic E-state index is 0.865. The third-order valence-corrected chi connectivity index (χ3v) is 4.03. The maximum Gasteiger partial charge on any atom is 0.242 e. The zero-order valence-corrected chi connectivity index (χ0v) is 14.4. The predicted octanol–water partition coefficient (Wildman–Crippen LogP) is 3.87. The second-order valence-electron chi connectivity index (χ2n) is 5.55. The zero-order valence-electron chi connectivity index (χ0n) is 14.4. The number of para-hydroxylation sites is 2. The first-order valence-electron chi connectivity index (χ1n) is 8.24. The van der Waals surface area contributed by atoms with E-state index in [-0.39, 0.29) is 0 Å². The number of hydrogen-bond donors (Lipinski definition) is 1. The third kappa shape index (κ3) is 3.08. The molecule has 0 saturated heterocycles. The number of benzene rings is 2. The van der Waals surface area contributed by atoms with Crippen LogP contribution in [0.15, 0.2) is 66.7 Å². The summed E-state index contributed by atoms with van der Waals surface area (Å²) in [5, 5.41) is 3.17. The molecule has 0 fully saturated rings. The molecule has 4 nitrogen and oxygen atoms in total. The summed E-state index contributed by atoms with van der Waals surface area (Å²) >= 11 is 0. The quantitative estimate of drug-likeness (QED) is 0.725. The van der Waals surface area contributed by atoms with Gasteiger partial charge in [-0.15, -0.1) is 0 Å². The van der Waals surface area contributed by atoms with E-state index >= 15 is 0 Å². The number of hydrogen-bond acceptors (Lipinski definition) is 3. The van der Waals surface area contributed by atoms with Gasteiger partial charge in [0.1, 0.15) is 5.69 Å². The van der Waals surface area contributed by atoms with E-state index in [1.165, 1.54) is 0 Å². The van der Waals surface area contributed by atoms with Crippen LogP contribution in [0.5, 0.6) is 0 Å². The fourth-order valence-corrected chi connectivity index (χ4v) is 2.92. The molecule has 0 bridgehead atoms. The standard InChI is InChI=1S/C20H22N4/c1-4-23(17-11-7-5-8-12-17)20-15-19(21-3)22-16(2)24(20)18-13-9-6-10-14-18/h5-15H,4H2,1-3H3/p+1.